The summed E-state index contributed by atoms with van der Waals surface area (Å²) in [7, 11) is 1.95. The van der Waals surface area contributed by atoms with Crippen LogP contribution in [0.5, 0.6) is 0 Å². The van der Waals surface area contributed by atoms with Crippen molar-refractivity contribution in [2.45, 2.75) is 25.4 Å². The summed E-state index contributed by atoms with van der Waals surface area (Å²) in [6, 6.07) is 0. The molecule has 0 bridgehead atoms. The van der Waals surface area contributed by atoms with E-state index >= 15 is 0 Å². The molecule has 15 heavy (non-hydrogen) atoms. The molecule has 0 aromatic carbocycles. The molecule has 1 aliphatic heterocycles. The number of hydrogen-bond acceptors (Lipinski definition) is 3. The number of rotatable bonds is 3. The molecule has 2 unspecified atom stereocenters. The third-order valence-electron chi connectivity index (χ3n) is 3.05. The smallest absolute Gasteiger partial charge is 0.110 e. The van der Waals surface area contributed by atoms with Crippen LogP contribution in [0.4, 0.5) is 0 Å². The largest absolute Gasteiger partial charge is 0.392 e. The lowest BCUT2D eigenvalue weighted by Crippen LogP contribution is -2.31. The lowest BCUT2D eigenvalue weighted by atomic mass is 9.94. The molecule has 0 saturated carbocycles. The molecule has 1 aromatic rings. The summed E-state index contributed by atoms with van der Waals surface area (Å²) in [5, 5.41) is 10.0. The quantitative estimate of drug-likeness (QED) is 0.801. The highest BCUT2D eigenvalue weighted by atomic mass is 16.5. The minimum Gasteiger partial charge on any atom is -0.392 e. The van der Waals surface area contributed by atoms with Crippen LogP contribution in [0.15, 0.2) is 12.4 Å². The Morgan fingerprint density at radius 2 is 2.60 bits per heavy atom. The second-order valence-electron chi connectivity index (χ2n) is 4.20. The number of imidazole rings is 1. The molecule has 84 valence electrons. The Bertz CT molecular complexity index is 305. The molecule has 0 amide bonds. The van der Waals surface area contributed by atoms with E-state index in [1.807, 2.05) is 17.8 Å². The van der Waals surface area contributed by atoms with Gasteiger partial charge in [0.25, 0.3) is 0 Å². The SMILES string of the molecule is Cn1ccnc1CC(O)C1CCCOC1. The van der Waals surface area contributed by atoms with Crippen molar-refractivity contribution in [2.75, 3.05) is 13.2 Å². The third kappa shape index (κ3) is 2.58. The average molecular weight is 210 g/mol. The van der Waals surface area contributed by atoms with Crippen LogP contribution in [-0.2, 0) is 18.2 Å². The second-order valence-corrected chi connectivity index (χ2v) is 4.20. The van der Waals surface area contributed by atoms with Crippen LogP contribution in [0.2, 0.25) is 0 Å². The minimum atomic E-state index is -0.327. The van der Waals surface area contributed by atoms with Gasteiger partial charge in [0.1, 0.15) is 5.82 Å². The number of ether oxygens (including phenoxy) is 1. The molecule has 1 aromatic heterocycles. The molecule has 1 N–H and O–H groups in total. The topological polar surface area (TPSA) is 47.3 Å². The Morgan fingerprint density at radius 1 is 1.73 bits per heavy atom. The van der Waals surface area contributed by atoms with E-state index in [1.165, 1.54) is 0 Å². The van der Waals surface area contributed by atoms with E-state index in [1.54, 1.807) is 6.20 Å². The van der Waals surface area contributed by atoms with Gasteiger partial charge in [-0.2, -0.15) is 0 Å². The van der Waals surface area contributed by atoms with Gasteiger partial charge >= 0.3 is 0 Å². The zero-order valence-electron chi connectivity index (χ0n) is 9.09. The summed E-state index contributed by atoms with van der Waals surface area (Å²) >= 11 is 0. The fourth-order valence-electron chi connectivity index (χ4n) is 2.02. The number of aromatic nitrogens is 2. The maximum atomic E-state index is 10.0. The first-order valence-electron chi connectivity index (χ1n) is 5.49. The summed E-state index contributed by atoms with van der Waals surface area (Å²) in [6.45, 7) is 1.53. The van der Waals surface area contributed by atoms with Gasteiger partial charge in [0.05, 0.1) is 12.7 Å². The molecule has 4 nitrogen and oxygen atoms in total. The van der Waals surface area contributed by atoms with E-state index in [4.69, 9.17) is 4.74 Å². The summed E-state index contributed by atoms with van der Waals surface area (Å²) in [4.78, 5) is 4.21. The first kappa shape index (κ1) is 10.6. The summed E-state index contributed by atoms with van der Waals surface area (Å²) in [6.07, 6.45) is 6.08. The van der Waals surface area contributed by atoms with Gasteiger partial charge in [-0.1, -0.05) is 0 Å². The van der Waals surface area contributed by atoms with Crippen molar-refractivity contribution < 1.29 is 9.84 Å². The van der Waals surface area contributed by atoms with Crippen molar-refractivity contribution >= 4 is 0 Å². The zero-order valence-corrected chi connectivity index (χ0v) is 9.09. The van der Waals surface area contributed by atoms with Gasteiger partial charge in [0, 0.05) is 38.4 Å². The molecular formula is C11H18N2O2. The van der Waals surface area contributed by atoms with Gasteiger partial charge in [0.2, 0.25) is 0 Å². The monoisotopic (exact) mass is 210 g/mol. The molecule has 0 spiro atoms. The van der Waals surface area contributed by atoms with Crippen LogP contribution in [-0.4, -0.2) is 34.0 Å². The van der Waals surface area contributed by atoms with Gasteiger partial charge in [-0.05, 0) is 12.8 Å². The van der Waals surface area contributed by atoms with E-state index in [0.717, 1.165) is 25.3 Å². The van der Waals surface area contributed by atoms with E-state index in [2.05, 4.69) is 4.98 Å². The molecule has 1 aliphatic rings. The summed E-state index contributed by atoms with van der Waals surface area (Å²) < 4.78 is 7.32. The van der Waals surface area contributed by atoms with Crippen molar-refractivity contribution in [3.63, 3.8) is 0 Å². The lowest BCUT2D eigenvalue weighted by Gasteiger charge is -2.26. The number of aliphatic hydroxyl groups is 1. The second kappa shape index (κ2) is 4.77. The summed E-state index contributed by atoms with van der Waals surface area (Å²) in [5.74, 6) is 1.21. The third-order valence-corrected chi connectivity index (χ3v) is 3.05. The molecule has 2 atom stereocenters. The van der Waals surface area contributed by atoms with Gasteiger partial charge in [0.15, 0.2) is 0 Å². The number of hydrogen-bond donors (Lipinski definition) is 1. The van der Waals surface area contributed by atoms with E-state index in [9.17, 15) is 5.11 Å². The Hall–Kier alpha value is -0.870. The van der Waals surface area contributed by atoms with E-state index in [0.29, 0.717) is 13.0 Å². The van der Waals surface area contributed by atoms with Crippen LogP contribution in [0.1, 0.15) is 18.7 Å². The molecule has 4 heteroatoms. The fourth-order valence-corrected chi connectivity index (χ4v) is 2.02. The van der Waals surface area contributed by atoms with Gasteiger partial charge in [-0.15, -0.1) is 0 Å². The Balaban J connectivity index is 1.91. The van der Waals surface area contributed by atoms with Crippen molar-refractivity contribution in [2.24, 2.45) is 13.0 Å². The summed E-state index contributed by atoms with van der Waals surface area (Å²) in [5.41, 5.74) is 0. The number of nitrogens with zero attached hydrogens (tertiary/aromatic N) is 2. The predicted octanol–water partition coefficient (Wildman–Crippen LogP) is 0.750. The number of aliphatic hydroxyl groups excluding tert-OH is 1. The Morgan fingerprint density at radius 3 is 3.20 bits per heavy atom. The van der Waals surface area contributed by atoms with Crippen molar-refractivity contribution in [1.29, 1.82) is 0 Å². The minimum absolute atomic E-state index is 0.274. The molecule has 2 heterocycles. The van der Waals surface area contributed by atoms with Gasteiger partial charge in [-0.3, -0.25) is 0 Å². The van der Waals surface area contributed by atoms with Crippen molar-refractivity contribution in [3.05, 3.63) is 18.2 Å². The standard InChI is InChI=1S/C11H18N2O2/c1-13-5-4-12-11(13)7-10(14)9-3-2-6-15-8-9/h4-5,9-10,14H,2-3,6-8H2,1H3. The maximum absolute atomic E-state index is 10.0. The average Bonchev–Trinajstić information content (AvgIpc) is 2.66. The molecular weight excluding hydrogens is 192 g/mol. The molecule has 0 radical (unpaired) electrons. The van der Waals surface area contributed by atoms with Crippen LogP contribution >= 0.6 is 0 Å². The van der Waals surface area contributed by atoms with Crippen molar-refractivity contribution in [3.8, 4) is 0 Å². The van der Waals surface area contributed by atoms with Crippen LogP contribution < -0.4 is 0 Å². The van der Waals surface area contributed by atoms with Crippen LogP contribution in [0.25, 0.3) is 0 Å². The zero-order chi connectivity index (χ0) is 10.7. The maximum Gasteiger partial charge on any atom is 0.110 e. The predicted molar refractivity (Wildman–Crippen MR) is 56.5 cm³/mol. The molecule has 0 aliphatic carbocycles. The van der Waals surface area contributed by atoms with Crippen molar-refractivity contribution in [1.82, 2.24) is 9.55 Å². The highest BCUT2D eigenvalue weighted by molar-refractivity contribution is 4.94. The first-order chi connectivity index (χ1) is 7.27. The fraction of sp³-hybridized carbons (Fsp3) is 0.727. The normalized spacial score (nSPS) is 24.0. The Labute approximate surface area is 89.9 Å². The highest BCUT2D eigenvalue weighted by Crippen LogP contribution is 2.19. The van der Waals surface area contributed by atoms with Gasteiger partial charge < -0.3 is 14.4 Å². The van der Waals surface area contributed by atoms with Gasteiger partial charge in [-0.25, -0.2) is 4.98 Å². The van der Waals surface area contributed by atoms with E-state index in [-0.39, 0.29) is 12.0 Å². The molecule has 1 fully saturated rings. The molecule has 1 saturated heterocycles. The molecule has 2 rings (SSSR count). The van der Waals surface area contributed by atoms with Crippen LogP contribution in [0.3, 0.4) is 0 Å². The number of aryl methyl sites for hydroxylation is 1. The van der Waals surface area contributed by atoms with E-state index < -0.39 is 0 Å². The first-order valence-corrected chi connectivity index (χ1v) is 5.49. The lowest BCUT2D eigenvalue weighted by molar-refractivity contribution is -0.00933. The highest BCUT2D eigenvalue weighted by Gasteiger charge is 2.23. The van der Waals surface area contributed by atoms with Crippen LogP contribution in [0, 0.1) is 5.92 Å². The Kier molecular flexibility index (Phi) is 3.38.